The van der Waals surface area contributed by atoms with Crippen LogP contribution in [0.2, 0.25) is 0 Å². The van der Waals surface area contributed by atoms with Crippen LogP contribution >= 0.6 is 0 Å². The standard InChI is InChI=1S/C15H25N3O2/c1-11(2)20-15-13(16)6-7-14(17-15)18(3)8-9-19-10-12-4-5-12/h6-7,11-12H,4-5,8-10,16H2,1-3H3. The van der Waals surface area contributed by atoms with Crippen LogP contribution in [0.1, 0.15) is 26.7 Å². The lowest BCUT2D eigenvalue weighted by molar-refractivity contribution is 0.130. The van der Waals surface area contributed by atoms with Crippen LogP contribution in [-0.2, 0) is 4.74 Å². The van der Waals surface area contributed by atoms with E-state index in [4.69, 9.17) is 15.2 Å². The molecule has 1 aromatic rings. The van der Waals surface area contributed by atoms with E-state index in [0.29, 0.717) is 11.6 Å². The first kappa shape index (κ1) is 14.9. The molecule has 5 nitrogen and oxygen atoms in total. The molecule has 1 fully saturated rings. The van der Waals surface area contributed by atoms with E-state index in [1.165, 1.54) is 12.8 Å². The topological polar surface area (TPSA) is 60.6 Å². The third kappa shape index (κ3) is 4.56. The van der Waals surface area contributed by atoms with Crippen molar-refractivity contribution in [2.45, 2.75) is 32.8 Å². The number of nitrogens with zero attached hydrogens (tertiary/aromatic N) is 2. The minimum Gasteiger partial charge on any atom is -0.473 e. The molecule has 20 heavy (non-hydrogen) atoms. The second-order valence-corrected chi connectivity index (χ2v) is 5.67. The molecule has 2 N–H and O–H groups in total. The molecule has 1 heterocycles. The highest BCUT2D eigenvalue weighted by molar-refractivity contribution is 5.54. The summed E-state index contributed by atoms with van der Waals surface area (Å²) in [4.78, 5) is 6.52. The maximum Gasteiger partial charge on any atom is 0.239 e. The summed E-state index contributed by atoms with van der Waals surface area (Å²) in [5.74, 6) is 2.16. The maximum absolute atomic E-state index is 5.87. The summed E-state index contributed by atoms with van der Waals surface area (Å²) in [6.45, 7) is 6.35. The molecule has 5 heteroatoms. The zero-order valence-electron chi connectivity index (χ0n) is 12.6. The van der Waals surface area contributed by atoms with E-state index in [2.05, 4.69) is 9.88 Å². The summed E-state index contributed by atoms with van der Waals surface area (Å²) in [5.41, 5.74) is 6.44. The Morgan fingerprint density at radius 1 is 1.40 bits per heavy atom. The van der Waals surface area contributed by atoms with Gasteiger partial charge in [-0.25, -0.2) is 0 Å². The SMILES string of the molecule is CC(C)Oc1nc(N(C)CCOCC2CC2)ccc1N. The summed E-state index contributed by atoms with van der Waals surface area (Å²) in [7, 11) is 2.00. The fraction of sp³-hybridized carbons (Fsp3) is 0.667. The zero-order valence-corrected chi connectivity index (χ0v) is 12.6. The molecular formula is C15H25N3O2. The smallest absolute Gasteiger partial charge is 0.239 e. The molecule has 0 bridgehead atoms. The van der Waals surface area contributed by atoms with Gasteiger partial charge in [0.05, 0.1) is 18.4 Å². The minimum absolute atomic E-state index is 0.0623. The summed E-state index contributed by atoms with van der Waals surface area (Å²) in [5, 5.41) is 0. The molecular weight excluding hydrogens is 254 g/mol. The molecule has 112 valence electrons. The van der Waals surface area contributed by atoms with Crippen LogP contribution < -0.4 is 15.4 Å². The van der Waals surface area contributed by atoms with E-state index in [9.17, 15) is 0 Å². The van der Waals surface area contributed by atoms with Gasteiger partial charge in [-0.05, 0) is 44.7 Å². The normalized spacial score (nSPS) is 14.6. The van der Waals surface area contributed by atoms with Gasteiger partial charge in [-0.1, -0.05) is 0 Å². The van der Waals surface area contributed by atoms with Crippen molar-refractivity contribution in [1.29, 1.82) is 0 Å². The van der Waals surface area contributed by atoms with E-state index in [0.717, 1.165) is 31.5 Å². The Morgan fingerprint density at radius 2 is 2.15 bits per heavy atom. The molecule has 0 unspecified atom stereocenters. The lowest BCUT2D eigenvalue weighted by Crippen LogP contribution is -2.24. The Balaban J connectivity index is 1.85. The monoisotopic (exact) mass is 279 g/mol. The quantitative estimate of drug-likeness (QED) is 0.740. The predicted molar refractivity (Wildman–Crippen MR) is 81.2 cm³/mol. The maximum atomic E-state index is 5.87. The second-order valence-electron chi connectivity index (χ2n) is 5.67. The number of rotatable bonds is 8. The van der Waals surface area contributed by atoms with Crippen molar-refractivity contribution in [3.63, 3.8) is 0 Å². The number of pyridine rings is 1. The van der Waals surface area contributed by atoms with Crippen molar-refractivity contribution in [1.82, 2.24) is 4.98 Å². The van der Waals surface area contributed by atoms with Crippen LogP contribution in [-0.4, -0.2) is 37.9 Å². The highest BCUT2D eigenvalue weighted by Gasteiger charge is 2.21. The van der Waals surface area contributed by atoms with E-state index in [-0.39, 0.29) is 6.10 Å². The van der Waals surface area contributed by atoms with Gasteiger partial charge in [0.2, 0.25) is 5.88 Å². The van der Waals surface area contributed by atoms with Gasteiger partial charge in [-0.15, -0.1) is 0 Å². The van der Waals surface area contributed by atoms with Gasteiger partial charge in [0.15, 0.2) is 0 Å². The number of anilines is 2. The number of hydrogen-bond acceptors (Lipinski definition) is 5. The minimum atomic E-state index is 0.0623. The van der Waals surface area contributed by atoms with E-state index < -0.39 is 0 Å². The second kappa shape index (κ2) is 6.79. The third-order valence-electron chi connectivity index (χ3n) is 3.23. The molecule has 0 spiro atoms. The first-order valence-corrected chi connectivity index (χ1v) is 7.28. The molecule has 1 saturated carbocycles. The molecule has 1 aliphatic carbocycles. The largest absolute Gasteiger partial charge is 0.473 e. The molecule has 0 radical (unpaired) electrons. The summed E-state index contributed by atoms with van der Waals surface area (Å²) in [6.07, 6.45) is 2.71. The van der Waals surface area contributed by atoms with Crippen molar-refractivity contribution in [3.8, 4) is 5.88 Å². The first-order valence-electron chi connectivity index (χ1n) is 7.28. The zero-order chi connectivity index (χ0) is 14.5. The lowest BCUT2D eigenvalue weighted by atomic mass is 10.3. The fourth-order valence-corrected chi connectivity index (χ4v) is 1.82. The number of likely N-dealkylation sites (N-methyl/N-ethyl adjacent to an activating group) is 1. The first-order chi connectivity index (χ1) is 9.56. The van der Waals surface area contributed by atoms with Gasteiger partial charge in [-0.2, -0.15) is 4.98 Å². The molecule has 2 rings (SSSR count). The Hall–Kier alpha value is -1.49. The number of nitrogen functional groups attached to an aromatic ring is 1. The van der Waals surface area contributed by atoms with Crippen molar-refractivity contribution >= 4 is 11.5 Å². The molecule has 1 aromatic heterocycles. The number of hydrogen-bond donors (Lipinski definition) is 1. The molecule has 0 saturated heterocycles. The fourth-order valence-electron chi connectivity index (χ4n) is 1.82. The molecule has 1 aliphatic rings. The van der Waals surface area contributed by atoms with Gasteiger partial charge in [-0.3, -0.25) is 0 Å². The van der Waals surface area contributed by atoms with Crippen molar-refractivity contribution < 1.29 is 9.47 Å². The highest BCUT2D eigenvalue weighted by atomic mass is 16.5. The third-order valence-corrected chi connectivity index (χ3v) is 3.23. The Morgan fingerprint density at radius 3 is 2.80 bits per heavy atom. The lowest BCUT2D eigenvalue weighted by Gasteiger charge is -2.20. The molecule has 0 atom stereocenters. The molecule has 0 aliphatic heterocycles. The van der Waals surface area contributed by atoms with E-state index in [1.807, 2.05) is 33.0 Å². The van der Waals surface area contributed by atoms with Gasteiger partial charge in [0, 0.05) is 20.2 Å². The van der Waals surface area contributed by atoms with Crippen LogP contribution in [0.5, 0.6) is 5.88 Å². The van der Waals surface area contributed by atoms with Crippen LogP contribution in [0.25, 0.3) is 0 Å². The van der Waals surface area contributed by atoms with Crippen molar-refractivity contribution in [2.75, 3.05) is 37.4 Å². The molecule has 0 amide bonds. The number of nitrogens with two attached hydrogens (primary N) is 1. The summed E-state index contributed by atoms with van der Waals surface area (Å²) >= 11 is 0. The van der Waals surface area contributed by atoms with Crippen molar-refractivity contribution in [3.05, 3.63) is 12.1 Å². The van der Waals surface area contributed by atoms with Gasteiger partial charge < -0.3 is 20.1 Å². The van der Waals surface area contributed by atoms with Crippen molar-refractivity contribution in [2.24, 2.45) is 5.92 Å². The summed E-state index contributed by atoms with van der Waals surface area (Å²) in [6, 6.07) is 3.74. The Bertz CT molecular complexity index is 433. The van der Waals surface area contributed by atoms with Gasteiger partial charge >= 0.3 is 0 Å². The Labute approximate surface area is 121 Å². The van der Waals surface area contributed by atoms with E-state index in [1.54, 1.807) is 0 Å². The number of ether oxygens (including phenoxy) is 2. The average Bonchev–Trinajstić information content (AvgIpc) is 3.20. The average molecular weight is 279 g/mol. The van der Waals surface area contributed by atoms with Crippen LogP contribution in [0, 0.1) is 5.92 Å². The van der Waals surface area contributed by atoms with Crippen LogP contribution in [0.15, 0.2) is 12.1 Å². The predicted octanol–water partition coefficient (Wildman–Crippen LogP) is 2.31. The van der Waals surface area contributed by atoms with Gasteiger partial charge in [0.25, 0.3) is 0 Å². The van der Waals surface area contributed by atoms with Crippen LogP contribution in [0.3, 0.4) is 0 Å². The summed E-state index contributed by atoms with van der Waals surface area (Å²) < 4.78 is 11.2. The number of aromatic nitrogens is 1. The highest BCUT2D eigenvalue weighted by Crippen LogP contribution is 2.28. The van der Waals surface area contributed by atoms with E-state index >= 15 is 0 Å². The molecule has 0 aromatic carbocycles. The van der Waals surface area contributed by atoms with Gasteiger partial charge in [0.1, 0.15) is 5.82 Å². The van der Waals surface area contributed by atoms with Crippen LogP contribution in [0.4, 0.5) is 11.5 Å². The Kier molecular flexibility index (Phi) is 5.06.